The average Bonchev–Trinajstić information content (AvgIpc) is 2.48. The van der Waals surface area contributed by atoms with E-state index >= 15 is 0 Å². The molecule has 4 nitrogen and oxygen atoms in total. The number of ether oxygens (including phenoxy) is 3. The quantitative estimate of drug-likeness (QED) is 0.785. The molecule has 0 atom stereocenters. The summed E-state index contributed by atoms with van der Waals surface area (Å²) in [5, 5.41) is 0. The van der Waals surface area contributed by atoms with Crippen LogP contribution in [0.2, 0.25) is 0 Å². The molecule has 20 heavy (non-hydrogen) atoms. The van der Waals surface area contributed by atoms with Crippen molar-refractivity contribution < 1.29 is 23.4 Å². The van der Waals surface area contributed by atoms with E-state index in [2.05, 4.69) is 0 Å². The molecule has 0 saturated heterocycles. The lowest BCUT2D eigenvalue weighted by molar-refractivity contribution is 0.112. The molecule has 0 bridgehead atoms. The topological polar surface area (TPSA) is 44.8 Å². The first kappa shape index (κ1) is 13.9. The van der Waals surface area contributed by atoms with Crippen LogP contribution < -0.4 is 14.2 Å². The molecule has 0 amide bonds. The summed E-state index contributed by atoms with van der Waals surface area (Å²) < 4.78 is 29.4. The van der Waals surface area contributed by atoms with Gasteiger partial charge in [0.25, 0.3) is 0 Å². The molecule has 0 radical (unpaired) electrons. The largest absolute Gasteiger partial charge is 0.496 e. The highest BCUT2D eigenvalue weighted by molar-refractivity contribution is 5.79. The monoisotopic (exact) mass is 276 g/mol. The third kappa shape index (κ3) is 2.88. The van der Waals surface area contributed by atoms with Crippen molar-refractivity contribution in [1.82, 2.24) is 0 Å². The summed E-state index contributed by atoms with van der Waals surface area (Å²) in [6, 6.07) is 8.95. The Morgan fingerprint density at radius 3 is 2.15 bits per heavy atom. The van der Waals surface area contributed by atoms with Crippen LogP contribution in [0.4, 0.5) is 4.39 Å². The van der Waals surface area contributed by atoms with E-state index in [-0.39, 0.29) is 11.3 Å². The second-order valence-corrected chi connectivity index (χ2v) is 3.93. The number of carbonyl (C=O) groups excluding carboxylic acids is 1. The summed E-state index contributed by atoms with van der Waals surface area (Å²) in [7, 11) is 3.00. The Kier molecular flexibility index (Phi) is 4.20. The van der Waals surface area contributed by atoms with Crippen molar-refractivity contribution in [3.8, 4) is 23.0 Å². The van der Waals surface area contributed by atoms with Crippen molar-refractivity contribution in [1.29, 1.82) is 0 Å². The van der Waals surface area contributed by atoms with Gasteiger partial charge in [-0.2, -0.15) is 0 Å². The van der Waals surface area contributed by atoms with Crippen molar-refractivity contribution >= 4 is 6.29 Å². The fourth-order valence-electron chi connectivity index (χ4n) is 1.68. The summed E-state index contributed by atoms with van der Waals surface area (Å²) >= 11 is 0. The predicted octanol–water partition coefficient (Wildman–Crippen LogP) is 3.45. The fourth-order valence-corrected chi connectivity index (χ4v) is 1.68. The Bertz CT molecular complexity index is 603. The van der Waals surface area contributed by atoms with Gasteiger partial charge >= 0.3 is 0 Å². The minimum Gasteiger partial charge on any atom is -0.496 e. The van der Waals surface area contributed by atoms with E-state index in [0.29, 0.717) is 23.5 Å². The minimum atomic E-state index is -0.614. The third-order valence-electron chi connectivity index (χ3n) is 2.67. The van der Waals surface area contributed by atoms with Gasteiger partial charge < -0.3 is 14.2 Å². The van der Waals surface area contributed by atoms with Crippen LogP contribution >= 0.6 is 0 Å². The SMILES string of the molecule is COc1cc(OC)cc(Oc2c(F)cccc2C=O)c1. The first-order valence-electron chi connectivity index (χ1n) is 5.82. The summed E-state index contributed by atoms with van der Waals surface area (Å²) in [5.41, 5.74) is 0.131. The zero-order chi connectivity index (χ0) is 14.5. The number of aldehydes is 1. The summed E-state index contributed by atoms with van der Waals surface area (Å²) in [6.07, 6.45) is 0.538. The van der Waals surface area contributed by atoms with E-state index < -0.39 is 5.82 Å². The molecule has 0 unspecified atom stereocenters. The van der Waals surface area contributed by atoms with Gasteiger partial charge in [-0.25, -0.2) is 4.39 Å². The van der Waals surface area contributed by atoms with Crippen molar-refractivity contribution in [3.05, 3.63) is 47.8 Å². The summed E-state index contributed by atoms with van der Waals surface area (Å²) in [5.74, 6) is 0.579. The second-order valence-electron chi connectivity index (χ2n) is 3.93. The van der Waals surface area contributed by atoms with Gasteiger partial charge in [-0.15, -0.1) is 0 Å². The lowest BCUT2D eigenvalue weighted by Crippen LogP contribution is -1.95. The molecule has 2 rings (SSSR count). The second kappa shape index (κ2) is 6.06. The molecule has 0 N–H and O–H groups in total. The predicted molar refractivity (Wildman–Crippen MR) is 71.4 cm³/mol. The number of hydrogen-bond acceptors (Lipinski definition) is 4. The highest BCUT2D eigenvalue weighted by Crippen LogP contribution is 2.33. The molecule has 104 valence electrons. The van der Waals surface area contributed by atoms with Gasteiger partial charge in [0.15, 0.2) is 17.9 Å². The molecule has 0 spiro atoms. The maximum atomic E-state index is 13.7. The third-order valence-corrected chi connectivity index (χ3v) is 2.67. The van der Waals surface area contributed by atoms with Crippen LogP contribution in [0.25, 0.3) is 0 Å². The van der Waals surface area contributed by atoms with Crippen molar-refractivity contribution in [2.45, 2.75) is 0 Å². The van der Waals surface area contributed by atoms with Gasteiger partial charge in [0.1, 0.15) is 17.2 Å². The minimum absolute atomic E-state index is 0.127. The Labute approximate surface area is 115 Å². The van der Waals surface area contributed by atoms with Crippen molar-refractivity contribution in [2.24, 2.45) is 0 Å². The van der Waals surface area contributed by atoms with E-state index in [4.69, 9.17) is 14.2 Å². The molecular formula is C15H13FO4. The molecule has 0 heterocycles. The molecule has 5 heteroatoms. The van der Waals surface area contributed by atoms with Gasteiger partial charge in [-0.3, -0.25) is 4.79 Å². The summed E-state index contributed by atoms with van der Waals surface area (Å²) in [6.45, 7) is 0. The zero-order valence-corrected chi connectivity index (χ0v) is 11.1. The Morgan fingerprint density at radius 1 is 1.00 bits per heavy atom. The number of methoxy groups -OCH3 is 2. The van der Waals surface area contributed by atoms with Crippen molar-refractivity contribution in [3.63, 3.8) is 0 Å². The van der Waals surface area contributed by atoms with Crippen LogP contribution in [0.15, 0.2) is 36.4 Å². The summed E-state index contributed by atoms with van der Waals surface area (Å²) in [4.78, 5) is 10.9. The van der Waals surface area contributed by atoms with Crippen LogP contribution in [0.1, 0.15) is 10.4 Å². The lowest BCUT2D eigenvalue weighted by Gasteiger charge is -2.11. The zero-order valence-electron chi connectivity index (χ0n) is 11.1. The molecule has 0 aliphatic carbocycles. The molecule has 0 aromatic heterocycles. The molecule has 2 aromatic rings. The van der Waals surface area contributed by atoms with Gasteiger partial charge in [0, 0.05) is 18.2 Å². The van der Waals surface area contributed by atoms with E-state index in [1.54, 1.807) is 18.2 Å². The maximum Gasteiger partial charge on any atom is 0.173 e. The number of halogens is 1. The standard InChI is InChI=1S/C15H13FO4/c1-18-11-6-12(19-2)8-13(7-11)20-15-10(9-17)4-3-5-14(15)16/h3-9H,1-2H3. The normalized spacial score (nSPS) is 9.95. The van der Waals surface area contributed by atoms with Crippen LogP contribution in [-0.2, 0) is 0 Å². The number of benzene rings is 2. The number of rotatable bonds is 5. The average molecular weight is 276 g/mol. The Balaban J connectivity index is 2.41. The van der Waals surface area contributed by atoms with Crippen molar-refractivity contribution in [2.75, 3.05) is 14.2 Å². The van der Waals surface area contributed by atoms with Gasteiger partial charge in [0.05, 0.1) is 19.8 Å². The van der Waals surface area contributed by atoms with E-state index in [1.807, 2.05) is 0 Å². The smallest absolute Gasteiger partial charge is 0.173 e. The van der Waals surface area contributed by atoms with Gasteiger partial charge in [-0.1, -0.05) is 6.07 Å². The number of carbonyl (C=O) groups is 1. The molecule has 0 saturated carbocycles. The number of para-hydroxylation sites is 1. The molecular weight excluding hydrogens is 263 g/mol. The molecule has 0 aliphatic rings. The fraction of sp³-hybridized carbons (Fsp3) is 0.133. The van der Waals surface area contributed by atoms with Crippen LogP contribution in [-0.4, -0.2) is 20.5 Å². The number of hydrogen-bond donors (Lipinski definition) is 0. The highest BCUT2D eigenvalue weighted by atomic mass is 19.1. The van der Waals surface area contributed by atoms with Crippen LogP contribution in [0, 0.1) is 5.82 Å². The first-order chi connectivity index (χ1) is 9.67. The Morgan fingerprint density at radius 2 is 1.60 bits per heavy atom. The van der Waals surface area contributed by atoms with Crippen LogP contribution in [0.3, 0.4) is 0 Å². The highest BCUT2D eigenvalue weighted by Gasteiger charge is 2.12. The van der Waals surface area contributed by atoms with E-state index in [0.717, 1.165) is 0 Å². The van der Waals surface area contributed by atoms with Gasteiger partial charge in [-0.05, 0) is 12.1 Å². The van der Waals surface area contributed by atoms with Gasteiger partial charge in [0.2, 0.25) is 0 Å². The molecule has 0 aliphatic heterocycles. The first-order valence-corrected chi connectivity index (χ1v) is 5.82. The lowest BCUT2D eigenvalue weighted by atomic mass is 10.2. The Hall–Kier alpha value is -2.56. The van der Waals surface area contributed by atoms with E-state index in [1.165, 1.54) is 32.4 Å². The van der Waals surface area contributed by atoms with Crippen LogP contribution in [0.5, 0.6) is 23.0 Å². The molecule has 0 fully saturated rings. The van der Waals surface area contributed by atoms with E-state index in [9.17, 15) is 9.18 Å². The molecule has 2 aromatic carbocycles. The maximum absolute atomic E-state index is 13.7.